The molecule has 196 valence electrons. The number of rotatable bonds is 12. The first-order chi connectivity index (χ1) is 17.9. The third-order valence-corrected chi connectivity index (χ3v) is 5.28. The molecule has 3 amide bonds. The van der Waals surface area contributed by atoms with Gasteiger partial charge in [-0.1, -0.05) is 0 Å². The van der Waals surface area contributed by atoms with E-state index in [1.54, 1.807) is 43.5 Å². The Hall–Kier alpha value is -4.67. The van der Waals surface area contributed by atoms with Gasteiger partial charge in [0.25, 0.3) is 5.91 Å². The molecule has 1 aromatic heterocycles. The number of anilines is 1. The summed E-state index contributed by atoms with van der Waals surface area (Å²) in [6.07, 6.45) is 1.47. The normalized spacial score (nSPS) is 10.3. The average molecular weight is 512 g/mol. The van der Waals surface area contributed by atoms with Crippen molar-refractivity contribution < 1.29 is 37.7 Å². The van der Waals surface area contributed by atoms with Crippen molar-refractivity contribution in [1.82, 2.24) is 10.2 Å². The van der Waals surface area contributed by atoms with Crippen LogP contribution in [-0.2, 0) is 16.1 Å². The smallest absolute Gasteiger partial charge is 0.255 e. The number of hydrogen-bond acceptors (Lipinski definition) is 8. The van der Waals surface area contributed by atoms with Crippen LogP contribution in [0.1, 0.15) is 16.1 Å². The lowest BCUT2D eigenvalue weighted by molar-refractivity contribution is -0.124. The number of nitrogens with one attached hydrogen (secondary N) is 2. The molecule has 1 heterocycles. The van der Waals surface area contributed by atoms with Crippen LogP contribution in [0.25, 0.3) is 0 Å². The number of methoxy groups -OCH3 is 4. The van der Waals surface area contributed by atoms with Gasteiger partial charge in [-0.2, -0.15) is 0 Å². The van der Waals surface area contributed by atoms with E-state index < -0.39 is 17.7 Å². The van der Waals surface area contributed by atoms with Crippen molar-refractivity contribution in [2.24, 2.45) is 0 Å². The molecule has 0 atom stereocenters. The number of hydrogen-bond donors (Lipinski definition) is 2. The summed E-state index contributed by atoms with van der Waals surface area (Å²) in [6.45, 7) is -0.586. The Morgan fingerprint density at radius 3 is 2.08 bits per heavy atom. The summed E-state index contributed by atoms with van der Waals surface area (Å²) in [5.41, 5.74) is 0.767. The number of ether oxygens (including phenoxy) is 4. The fraction of sp³-hybridized carbons (Fsp3) is 0.269. The van der Waals surface area contributed by atoms with Crippen LogP contribution in [0.15, 0.2) is 59.2 Å². The number of carbonyl (C=O) groups excluding carboxylic acids is 3. The maximum atomic E-state index is 13.4. The molecule has 11 heteroatoms. The van der Waals surface area contributed by atoms with Gasteiger partial charge >= 0.3 is 0 Å². The molecule has 0 aliphatic carbocycles. The topological polar surface area (TPSA) is 129 Å². The zero-order chi connectivity index (χ0) is 26.8. The van der Waals surface area contributed by atoms with E-state index >= 15 is 0 Å². The summed E-state index contributed by atoms with van der Waals surface area (Å²) in [6, 6.07) is 13.1. The van der Waals surface area contributed by atoms with Gasteiger partial charge in [-0.05, 0) is 48.5 Å². The van der Waals surface area contributed by atoms with Crippen molar-refractivity contribution in [1.29, 1.82) is 0 Å². The Morgan fingerprint density at radius 2 is 1.54 bits per heavy atom. The first-order valence-corrected chi connectivity index (χ1v) is 11.2. The molecule has 0 fully saturated rings. The summed E-state index contributed by atoms with van der Waals surface area (Å²) in [5, 5.41) is 5.21. The molecule has 11 nitrogen and oxygen atoms in total. The van der Waals surface area contributed by atoms with Crippen LogP contribution >= 0.6 is 0 Å². The van der Waals surface area contributed by atoms with Crippen molar-refractivity contribution in [2.45, 2.75) is 6.54 Å². The maximum absolute atomic E-state index is 13.4. The maximum Gasteiger partial charge on any atom is 0.255 e. The number of benzene rings is 2. The van der Waals surface area contributed by atoms with Gasteiger partial charge in [0, 0.05) is 11.3 Å². The van der Waals surface area contributed by atoms with Gasteiger partial charge in [-0.3, -0.25) is 14.4 Å². The number of carbonyl (C=O) groups is 3. The van der Waals surface area contributed by atoms with Crippen LogP contribution in [0.4, 0.5) is 5.69 Å². The zero-order valence-electron chi connectivity index (χ0n) is 21.0. The minimum Gasteiger partial charge on any atom is -0.497 e. The van der Waals surface area contributed by atoms with Gasteiger partial charge in [0.2, 0.25) is 17.6 Å². The van der Waals surface area contributed by atoms with Gasteiger partial charge < -0.3 is 38.9 Å². The summed E-state index contributed by atoms with van der Waals surface area (Å²) in [4.78, 5) is 39.7. The molecular formula is C26H29N3O8. The second-order valence-electron chi connectivity index (χ2n) is 7.71. The number of amides is 3. The molecule has 0 saturated heterocycles. The first kappa shape index (κ1) is 26.9. The lowest BCUT2D eigenvalue weighted by atomic mass is 10.1. The Balaban J connectivity index is 1.70. The van der Waals surface area contributed by atoms with Gasteiger partial charge in [0.1, 0.15) is 18.1 Å². The SMILES string of the molecule is COc1ccc(NC(=O)CNC(=O)CN(Cc2ccco2)C(=O)c2cc(OC)c(OC)c(OC)c2)cc1. The highest BCUT2D eigenvalue weighted by Gasteiger charge is 2.24. The standard InChI is InChI=1S/C26H29N3O8/c1-33-19-9-7-18(8-10-19)28-23(30)14-27-24(31)16-29(15-20-6-5-11-37-20)26(32)17-12-21(34-2)25(36-4)22(13-17)35-3/h5-13H,14-16H2,1-4H3,(H,27,31)(H,28,30). The zero-order valence-corrected chi connectivity index (χ0v) is 21.0. The summed E-state index contributed by atoms with van der Waals surface area (Å²) in [5.74, 6) is 0.619. The van der Waals surface area contributed by atoms with E-state index in [0.717, 1.165) is 0 Å². The Kier molecular flexibility index (Phi) is 9.36. The van der Waals surface area contributed by atoms with Crippen LogP contribution in [0.3, 0.4) is 0 Å². The molecule has 0 saturated carbocycles. The van der Waals surface area contributed by atoms with Crippen LogP contribution in [0.5, 0.6) is 23.0 Å². The van der Waals surface area contributed by atoms with E-state index in [9.17, 15) is 14.4 Å². The molecular weight excluding hydrogens is 482 g/mol. The van der Waals surface area contributed by atoms with E-state index in [-0.39, 0.29) is 25.2 Å². The van der Waals surface area contributed by atoms with Crippen molar-refractivity contribution in [3.8, 4) is 23.0 Å². The Bertz CT molecular complexity index is 1180. The molecule has 0 aliphatic rings. The second-order valence-corrected chi connectivity index (χ2v) is 7.71. The largest absolute Gasteiger partial charge is 0.497 e. The van der Waals surface area contributed by atoms with Gasteiger partial charge in [0.15, 0.2) is 11.5 Å². The van der Waals surface area contributed by atoms with Crippen LogP contribution in [-0.4, -0.2) is 64.2 Å². The molecule has 0 spiro atoms. The lowest BCUT2D eigenvalue weighted by Gasteiger charge is -2.22. The Morgan fingerprint density at radius 1 is 0.865 bits per heavy atom. The van der Waals surface area contributed by atoms with Gasteiger partial charge in [-0.15, -0.1) is 0 Å². The third kappa shape index (κ3) is 7.17. The van der Waals surface area contributed by atoms with E-state index in [1.165, 1.54) is 44.6 Å². The minimum atomic E-state index is -0.530. The second kappa shape index (κ2) is 12.9. The van der Waals surface area contributed by atoms with Crippen LogP contribution in [0, 0.1) is 0 Å². The van der Waals surface area contributed by atoms with E-state index in [1.807, 2.05) is 0 Å². The highest BCUT2D eigenvalue weighted by Crippen LogP contribution is 2.38. The molecule has 0 unspecified atom stereocenters. The summed E-state index contributed by atoms with van der Waals surface area (Å²) < 4.78 is 26.4. The molecule has 3 rings (SSSR count). The fourth-order valence-electron chi connectivity index (χ4n) is 3.46. The number of nitrogens with zero attached hydrogens (tertiary/aromatic N) is 1. The van der Waals surface area contributed by atoms with E-state index in [0.29, 0.717) is 34.4 Å². The summed E-state index contributed by atoms with van der Waals surface area (Å²) in [7, 11) is 5.89. The Labute approximate surface area is 214 Å². The monoisotopic (exact) mass is 511 g/mol. The molecule has 37 heavy (non-hydrogen) atoms. The quantitative estimate of drug-likeness (QED) is 0.380. The molecule has 2 aromatic carbocycles. The van der Waals surface area contributed by atoms with Crippen molar-refractivity contribution in [3.63, 3.8) is 0 Å². The molecule has 2 N–H and O–H groups in total. The lowest BCUT2D eigenvalue weighted by Crippen LogP contribution is -2.42. The minimum absolute atomic E-state index is 0.0218. The average Bonchev–Trinajstić information content (AvgIpc) is 3.43. The highest BCUT2D eigenvalue weighted by atomic mass is 16.5. The van der Waals surface area contributed by atoms with Crippen molar-refractivity contribution in [2.75, 3.05) is 46.8 Å². The van der Waals surface area contributed by atoms with Crippen molar-refractivity contribution in [3.05, 3.63) is 66.1 Å². The van der Waals surface area contributed by atoms with E-state index in [4.69, 9.17) is 23.4 Å². The highest BCUT2D eigenvalue weighted by molar-refractivity contribution is 5.99. The molecule has 0 radical (unpaired) electrons. The summed E-state index contributed by atoms with van der Waals surface area (Å²) >= 11 is 0. The predicted molar refractivity (Wildman–Crippen MR) is 134 cm³/mol. The van der Waals surface area contributed by atoms with Gasteiger partial charge in [-0.25, -0.2) is 0 Å². The van der Waals surface area contributed by atoms with Crippen LogP contribution in [0.2, 0.25) is 0 Å². The third-order valence-electron chi connectivity index (χ3n) is 5.28. The molecule has 0 bridgehead atoms. The predicted octanol–water partition coefficient (Wildman–Crippen LogP) is 2.71. The van der Waals surface area contributed by atoms with Crippen LogP contribution < -0.4 is 29.6 Å². The van der Waals surface area contributed by atoms with E-state index in [2.05, 4.69) is 10.6 Å². The van der Waals surface area contributed by atoms with Gasteiger partial charge in [0.05, 0.1) is 47.8 Å². The number of furan rings is 1. The molecule has 3 aromatic rings. The molecule has 0 aliphatic heterocycles. The first-order valence-electron chi connectivity index (χ1n) is 11.2. The fourth-order valence-corrected chi connectivity index (χ4v) is 3.46. The van der Waals surface area contributed by atoms with Crippen molar-refractivity contribution >= 4 is 23.4 Å².